The molecule has 1 aromatic heterocycles. The minimum atomic E-state index is -0.657. The van der Waals surface area contributed by atoms with E-state index in [1.54, 1.807) is 9.58 Å². The van der Waals surface area contributed by atoms with Crippen LogP contribution in [0.25, 0.3) is 0 Å². The Morgan fingerprint density at radius 1 is 1.50 bits per heavy atom. The van der Waals surface area contributed by atoms with E-state index in [9.17, 15) is 15.0 Å². The predicted octanol–water partition coefficient (Wildman–Crippen LogP) is 0.917. The van der Waals surface area contributed by atoms with Crippen LogP contribution in [0.15, 0.2) is 6.07 Å². The molecule has 22 heavy (non-hydrogen) atoms. The SMILES string of the molecule is CCn1nc(CC(C)C)cc1C(=O)N1CC[C@@H](CO)[C@H](O)C1. The van der Waals surface area contributed by atoms with Crippen molar-refractivity contribution < 1.29 is 15.0 Å². The minimum absolute atomic E-state index is 0.0331. The first kappa shape index (κ1) is 17.0. The molecule has 6 heteroatoms. The molecule has 0 aromatic carbocycles. The van der Waals surface area contributed by atoms with Gasteiger partial charge in [0.2, 0.25) is 0 Å². The van der Waals surface area contributed by atoms with Gasteiger partial charge in [-0.05, 0) is 31.7 Å². The van der Waals surface area contributed by atoms with Gasteiger partial charge in [-0.25, -0.2) is 0 Å². The van der Waals surface area contributed by atoms with Crippen molar-refractivity contribution in [2.24, 2.45) is 11.8 Å². The van der Waals surface area contributed by atoms with E-state index in [0.717, 1.165) is 12.1 Å². The van der Waals surface area contributed by atoms with Crippen LogP contribution in [0.2, 0.25) is 0 Å². The van der Waals surface area contributed by atoms with Crippen molar-refractivity contribution in [2.75, 3.05) is 19.7 Å². The van der Waals surface area contributed by atoms with Crippen LogP contribution in [-0.2, 0) is 13.0 Å². The van der Waals surface area contributed by atoms with Gasteiger partial charge in [0.05, 0.1) is 11.8 Å². The summed E-state index contributed by atoms with van der Waals surface area (Å²) in [4.78, 5) is 14.4. The summed E-state index contributed by atoms with van der Waals surface area (Å²) in [5.41, 5.74) is 1.53. The molecule has 0 radical (unpaired) electrons. The molecule has 2 heterocycles. The quantitative estimate of drug-likeness (QED) is 0.847. The van der Waals surface area contributed by atoms with Crippen molar-refractivity contribution in [1.29, 1.82) is 0 Å². The normalized spacial score (nSPS) is 22.4. The van der Waals surface area contributed by atoms with E-state index in [0.29, 0.717) is 31.1 Å². The fourth-order valence-corrected chi connectivity index (χ4v) is 2.94. The second-order valence-electron chi connectivity index (χ2n) is 6.48. The maximum Gasteiger partial charge on any atom is 0.272 e. The van der Waals surface area contributed by atoms with Gasteiger partial charge in [-0.3, -0.25) is 9.48 Å². The van der Waals surface area contributed by atoms with Crippen LogP contribution < -0.4 is 0 Å². The third-order valence-corrected chi connectivity index (χ3v) is 4.21. The number of rotatable bonds is 5. The van der Waals surface area contributed by atoms with Crippen molar-refractivity contribution in [3.8, 4) is 0 Å². The first-order chi connectivity index (χ1) is 10.5. The van der Waals surface area contributed by atoms with Gasteiger partial charge < -0.3 is 15.1 Å². The number of carbonyl (C=O) groups is 1. The first-order valence-electron chi connectivity index (χ1n) is 8.11. The third kappa shape index (κ3) is 3.67. The van der Waals surface area contributed by atoms with Gasteiger partial charge in [-0.2, -0.15) is 5.10 Å². The van der Waals surface area contributed by atoms with Crippen molar-refractivity contribution in [2.45, 2.75) is 46.3 Å². The van der Waals surface area contributed by atoms with Gasteiger partial charge in [0, 0.05) is 32.2 Å². The lowest BCUT2D eigenvalue weighted by Gasteiger charge is -2.35. The van der Waals surface area contributed by atoms with E-state index in [-0.39, 0.29) is 25.0 Å². The lowest BCUT2D eigenvalue weighted by atomic mass is 9.94. The maximum atomic E-state index is 12.7. The lowest BCUT2D eigenvalue weighted by molar-refractivity contribution is 0.000430. The molecule has 0 aliphatic carbocycles. The second kappa shape index (κ2) is 7.24. The Balaban J connectivity index is 2.13. The topological polar surface area (TPSA) is 78.6 Å². The number of amides is 1. The van der Waals surface area contributed by atoms with Crippen molar-refractivity contribution in [3.05, 3.63) is 17.5 Å². The van der Waals surface area contributed by atoms with E-state index >= 15 is 0 Å². The zero-order chi connectivity index (χ0) is 16.3. The molecule has 2 rings (SSSR count). The molecule has 0 bridgehead atoms. The highest BCUT2D eigenvalue weighted by Gasteiger charge is 2.31. The zero-order valence-corrected chi connectivity index (χ0v) is 13.7. The Hall–Kier alpha value is -1.40. The Kier molecular flexibility index (Phi) is 5.58. The third-order valence-electron chi connectivity index (χ3n) is 4.21. The molecule has 1 aromatic rings. The molecule has 2 atom stereocenters. The van der Waals surface area contributed by atoms with Gasteiger partial charge in [-0.15, -0.1) is 0 Å². The molecule has 0 unspecified atom stereocenters. The van der Waals surface area contributed by atoms with Crippen LogP contribution in [-0.4, -0.2) is 56.6 Å². The summed E-state index contributed by atoms with van der Waals surface area (Å²) in [7, 11) is 0. The van der Waals surface area contributed by atoms with Crippen LogP contribution in [0.5, 0.6) is 0 Å². The highest BCUT2D eigenvalue weighted by atomic mass is 16.3. The molecular formula is C16H27N3O3. The summed E-state index contributed by atoms with van der Waals surface area (Å²) in [5, 5.41) is 23.7. The predicted molar refractivity (Wildman–Crippen MR) is 83.5 cm³/mol. The smallest absolute Gasteiger partial charge is 0.272 e. The number of likely N-dealkylation sites (tertiary alicyclic amines) is 1. The monoisotopic (exact) mass is 309 g/mol. The number of aliphatic hydroxyl groups is 2. The molecule has 1 fully saturated rings. The van der Waals surface area contributed by atoms with Gasteiger partial charge >= 0.3 is 0 Å². The number of nitrogens with zero attached hydrogens (tertiary/aromatic N) is 3. The number of β-amino-alcohol motifs (C(OH)–C–C–N with tert-alkyl or cyclic N) is 1. The number of aryl methyl sites for hydroxylation is 1. The van der Waals surface area contributed by atoms with Gasteiger partial charge in [0.15, 0.2) is 0 Å². The van der Waals surface area contributed by atoms with Gasteiger partial charge in [-0.1, -0.05) is 13.8 Å². The van der Waals surface area contributed by atoms with E-state index in [1.807, 2.05) is 13.0 Å². The number of piperidine rings is 1. The summed E-state index contributed by atoms with van der Waals surface area (Å²) in [6, 6.07) is 1.87. The zero-order valence-electron chi connectivity index (χ0n) is 13.7. The summed E-state index contributed by atoms with van der Waals surface area (Å²) < 4.78 is 1.74. The molecule has 1 aliphatic rings. The van der Waals surface area contributed by atoms with E-state index in [2.05, 4.69) is 18.9 Å². The fourth-order valence-electron chi connectivity index (χ4n) is 2.94. The summed E-state index contributed by atoms with van der Waals surface area (Å²) in [5.74, 6) is 0.279. The first-order valence-corrected chi connectivity index (χ1v) is 8.11. The van der Waals surface area contributed by atoms with Crippen molar-refractivity contribution >= 4 is 5.91 Å². The Labute approximate surface area is 131 Å². The highest BCUT2D eigenvalue weighted by molar-refractivity contribution is 5.92. The average Bonchev–Trinajstić information content (AvgIpc) is 2.88. The number of aromatic nitrogens is 2. The molecule has 0 spiro atoms. The fraction of sp³-hybridized carbons (Fsp3) is 0.750. The number of carbonyl (C=O) groups excluding carboxylic acids is 1. The van der Waals surface area contributed by atoms with Crippen molar-refractivity contribution in [3.63, 3.8) is 0 Å². The number of hydrogen-bond acceptors (Lipinski definition) is 4. The highest BCUT2D eigenvalue weighted by Crippen LogP contribution is 2.20. The molecule has 1 saturated heterocycles. The number of aliphatic hydroxyl groups excluding tert-OH is 2. The summed E-state index contributed by atoms with van der Waals surface area (Å²) >= 11 is 0. The Bertz CT molecular complexity index is 513. The Morgan fingerprint density at radius 3 is 2.77 bits per heavy atom. The maximum absolute atomic E-state index is 12.7. The van der Waals surface area contributed by atoms with Crippen molar-refractivity contribution in [1.82, 2.24) is 14.7 Å². The molecular weight excluding hydrogens is 282 g/mol. The molecule has 6 nitrogen and oxygen atoms in total. The molecule has 2 N–H and O–H groups in total. The molecule has 124 valence electrons. The standard InChI is InChI=1S/C16H27N3O3/c1-4-19-14(8-13(17-19)7-11(2)3)16(22)18-6-5-12(10-20)15(21)9-18/h8,11-12,15,20-21H,4-7,9-10H2,1-3H3/t12-,15+/m0/s1. The van der Waals surface area contributed by atoms with Crippen LogP contribution in [0.3, 0.4) is 0 Å². The van der Waals surface area contributed by atoms with E-state index < -0.39 is 6.10 Å². The van der Waals surface area contributed by atoms with Crippen LogP contribution in [0.1, 0.15) is 43.4 Å². The van der Waals surface area contributed by atoms with Crippen LogP contribution in [0.4, 0.5) is 0 Å². The molecule has 0 saturated carbocycles. The van der Waals surface area contributed by atoms with Crippen LogP contribution in [0, 0.1) is 11.8 Å². The van der Waals surface area contributed by atoms with E-state index in [4.69, 9.17) is 0 Å². The molecule has 1 aliphatic heterocycles. The molecule has 1 amide bonds. The largest absolute Gasteiger partial charge is 0.396 e. The number of hydrogen-bond donors (Lipinski definition) is 2. The second-order valence-corrected chi connectivity index (χ2v) is 6.48. The average molecular weight is 309 g/mol. The van der Waals surface area contributed by atoms with E-state index in [1.165, 1.54) is 0 Å². The minimum Gasteiger partial charge on any atom is -0.396 e. The summed E-state index contributed by atoms with van der Waals surface area (Å²) in [6.07, 6.45) is 0.821. The summed E-state index contributed by atoms with van der Waals surface area (Å²) in [6.45, 7) is 7.68. The Morgan fingerprint density at radius 2 is 2.23 bits per heavy atom. The van der Waals surface area contributed by atoms with Gasteiger partial charge in [0.1, 0.15) is 5.69 Å². The van der Waals surface area contributed by atoms with Crippen LogP contribution >= 0.6 is 0 Å². The lowest BCUT2D eigenvalue weighted by Crippen LogP contribution is -2.48. The van der Waals surface area contributed by atoms with Gasteiger partial charge in [0.25, 0.3) is 5.91 Å².